The minimum Gasteiger partial charge on any atom is -0.385 e. The van der Waals surface area contributed by atoms with E-state index in [-0.39, 0.29) is 5.91 Å². The normalized spacial score (nSPS) is 21.0. The molecule has 0 saturated heterocycles. The first-order valence-electron chi connectivity index (χ1n) is 7.17. The van der Waals surface area contributed by atoms with Crippen molar-refractivity contribution in [3.8, 4) is 0 Å². The van der Waals surface area contributed by atoms with Gasteiger partial charge in [0.25, 0.3) is 5.91 Å². The fraction of sp³-hybridized carbons (Fsp3) is 0.600. The van der Waals surface area contributed by atoms with Gasteiger partial charge in [-0.3, -0.25) is 9.78 Å². The average molecular weight is 261 g/mol. The highest BCUT2D eigenvalue weighted by Gasteiger charge is 2.37. The van der Waals surface area contributed by atoms with Crippen LogP contribution in [0.5, 0.6) is 0 Å². The second-order valence-corrected chi connectivity index (χ2v) is 5.27. The van der Waals surface area contributed by atoms with E-state index in [1.54, 1.807) is 6.20 Å². The Hall–Kier alpha value is -1.58. The predicted octanol–water partition coefficient (Wildman–Crippen LogP) is 2.74. The lowest BCUT2D eigenvalue weighted by molar-refractivity contribution is 0.0949. The van der Waals surface area contributed by atoms with Gasteiger partial charge in [-0.05, 0) is 38.7 Å². The summed E-state index contributed by atoms with van der Waals surface area (Å²) in [6, 6.07) is 2.29. The van der Waals surface area contributed by atoms with Crippen molar-refractivity contribution < 1.29 is 4.79 Å². The summed E-state index contributed by atoms with van der Waals surface area (Å²) >= 11 is 0. The number of aryl methyl sites for hydroxylation is 1. The maximum Gasteiger partial charge on any atom is 0.255 e. The van der Waals surface area contributed by atoms with Crippen LogP contribution in [0, 0.1) is 12.8 Å². The van der Waals surface area contributed by atoms with E-state index >= 15 is 0 Å². The molecule has 2 rings (SSSR count). The standard InChI is InChI=1S/C15H23N3O/c1-4-6-11-8-13(11)18-15(19)12-9-17-10(3)7-14(12)16-5-2/h7,9,11,13H,4-6,8H2,1-3H3,(H,16,17)(H,18,19). The summed E-state index contributed by atoms with van der Waals surface area (Å²) in [5.41, 5.74) is 2.44. The molecule has 1 aromatic rings. The van der Waals surface area contributed by atoms with E-state index in [1.807, 2.05) is 19.9 Å². The first-order valence-corrected chi connectivity index (χ1v) is 7.17. The van der Waals surface area contributed by atoms with Crippen molar-refractivity contribution in [3.05, 3.63) is 23.5 Å². The van der Waals surface area contributed by atoms with Gasteiger partial charge in [-0.1, -0.05) is 13.3 Å². The van der Waals surface area contributed by atoms with Gasteiger partial charge in [-0.25, -0.2) is 0 Å². The molecule has 2 atom stereocenters. The maximum atomic E-state index is 12.3. The van der Waals surface area contributed by atoms with E-state index < -0.39 is 0 Å². The lowest BCUT2D eigenvalue weighted by Crippen LogP contribution is -2.28. The lowest BCUT2D eigenvalue weighted by atomic mass is 10.2. The Bertz CT molecular complexity index is 459. The highest BCUT2D eigenvalue weighted by molar-refractivity contribution is 5.99. The number of hydrogen-bond donors (Lipinski definition) is 2. The molecule has 0 bridgehead atoms. The van der Waals surface area contributed by atoms with Crippen LogP contribution in [0.4, 0.5) is 5.69 Å². The molecule has 0 aromatic carbocycles. The van der Waals surface area contributed by atoms with Gasteiger partial charge < -0.3 is 10.6 Å². The number of carbonyl (C=O) groups is 1. The third kappa shape index (κ3) is 3.46. The monoisotopic (exact) mass is 261 g/mol. The second kappa shape index (κ2) is 6.04. The molecular weight excluding hydrogens is 238 g/mol. The SMILES string of the molecule is CCCC1CC1NC(=O)c1cnc(C)cc1NCC. The quantitative estimate of drug-likeness (QED) is 0.828. The Morgan fingerprint density at radius 3 is 2.95 bits per heavy atom. The van der Waals surface area contributed by atoms with Gasteiger partial charge in [0.05, 0.1) is 11.3 Å². The van der Waals surface area contributed by atoms with Gasteiger partial charge in [0.15, 0.2) is 0 Å². The Morgan fingerprint density at radius 2 is 2.26 bits per heavy atom. The van der Waals surface area contributed by atoms with Gasteiger partial charge in [-0.2, -0.15) is 0 Å². The molecule has 1 amide bonds. The smallest absolute Gasteiger partial charge is 0.255 e. The van der Waals surface area contributed by atoms with Crippen LogP contribution in [0.2, 0.25) is 0 Å². The third-order valence-electron chi connectivity index (χ3n) is 3.55. The number of nitrogens with one attached hydrogen (secondary N) is 2. The zero-order valence-electron chi connectivity index (χ0n) is 12.0. The van der Waals surface area contributed by atoms with Crippen molar-refractivity contribution in [1.29, 1.82) is 0 Å². The number of anilines is 1. The first-order chi connectivity index (χ1) is 9.15. The fourth-order valence-electron chi connectivity index (χ4n) is 2.44. The van der Waals surface area contributed by atoms with Crippen LogP contribution in [0.3, 0.4) is 0 Å². The minimum atomic E-state index is -0.00736. The number of hydrogen-bond acceptors (Lipinski definition) is 3. The number of nitrogens with zero attached hydrogens (tertiary/aromatic N) is 1. The number of amides is 1. The highest BCUT2D eigenvalue weighted by atomic mass is 16.1. The van der Waals surface area contributed by atoms with E-state index in [1.165, 1.54) is 12.8 Å². The van der Waals surface area contributed by atoms with E-state index in [0.29, 0.717) is 17.5 Å². The Kier molecular flexibility index (Phi) is 4.40. The van der Waals surface area contributed by atoms with Gasteiger partial charge in [-0.15, -0.1) is 0 Å². The van der Waals surface area contributed by atoms with Crippen molar-refractivity contribution in [2.75, 3.05) is 11.9 Å². The molecule has 2 N–H and O–H groups in total. The minimum absolute atomic E-state index is 0.00736. The lowest BCUT2D eigenvalue weighted by Gasteiger charge is -2.11. The van der Waals surface area contributed by atoms with Gasteiger partial charge in [0, 0.05) is 24.5 Å². The predicted molar refractivity (Wildman–Crippen MR) is 77.4 cm³/mol. The molecule has 0 spiro atoms. The number of carbonyl (C=O) groups excluding carboxylic acids is 1. The van der Waals surface area contributed by atoms with Crippen molar-refractivity contribution in [3.63, 3.8) is 0 Å². The average Bonchev–Trinajstić information content (AvgIpc) is 3.08. The molecule has 0 aliphatic heterocycles. The van der Waals surface area contributed by atoms with E-state index in [0.717, 1.165) is 24.3 Å². The summed E-state index contributed by atoms with van der Waals surface area (Å²) in [5, 5.41) is 6.33. The summed E-state index contributed by atoms with van der Waals surface area (Å²) in [4.78, 5) is 16.5. The summed E-state index contributed by atoms with van der Waals surface area (Å²) in [6.45, 7) is 6.94. The Balaban J connectivity index is 2.02. The topological polar surface area (TPSA) is 54.0 Å². The summed E-state index contributed by atoms with van der Waals surface area (Å²) in [6.07, 6.45) is 5.18. The molecule has 4 heteroatoms. The molecule has 1 aliphatic carbocycles. The van der Waals surface area contributed by atoms with Gasteiger partial charge in [0.1, 0.15) is 0 Å². The highest BCUT2D eigenvalue weighted by Crippen LogP contribution is 2.34. The molecule has 19 heavy (non-hydrogen) atoms. The molecule has 4 nitrogen and oxygen atoms in total. The van der Waals surface area contributed by atoms with Crippen molar-refractivity contribution in [2.45, 2.75) is 46.1 Å². The molecular formula is C15H23N3O. The van der Waals surface area contributed by atoms with E-state index in [9.17, 15) is 4.79 Å². The molecule has 2 unspecified atom stereocenters. The van der Waals surface area contributed by atoms with E-state index in [2.05, 4.69) is 22.5 Å². The molecule has 0 radical (unpaired) electrons. The number of aromatic nitrogens is 1. The zero-order valence-corrected chi connectivity index (χ0v) is 12.0. The van der Waals surface area contributed by atoms with Gasteiger partial charge in [0.2, 0.25) is 0 Å². The summed E-state index contributed by atoms with van der Waals surface area (Å²) in [7, 11) is 0. The third-order valence-corrected chi connectivity index (χ3v) is 3.55. The van der Waals surface area contributed by atoms with Crippen molar-refractivity contribution in [1.82, 2.24) is 10.3 Å². The largest absolute Gasteiger partial charge is 0.385 e. The molecule has 1 fully saturated rings. The van der Waals surface area contributed by atoms with Crippen molar-refractivity contribution >= 4 is 11.6 Å². The van der Waals surface area contributed by atoms with Crippen LogP contribution >= 0.6 is 0 Å². The van der Waals surface area contributed by atoms with Crippen LogP contribution in [-0.2, 0) is 0 Å². The molecule has 104 valence electrons. The zero-order chi connectivity index (χ0) is 13.8. The Morgan fingerprint density at radius 1 is 1.47 bits per heavy atom. The first kappa shape index (κ1) is 13.8. The van der Waals surface area contributed by atoms with Gasteiger partial charge >= 0.3 is 0 Å². The number of rotatable bonds is 6. The van der Waals surface area contributed by atoms with Crippen LogP contribution < -0.4 is 10.6 Å². The molecule has 1 heterocycles. The fourth-order valence-corrected chi connectivity index (χ4v) is 2.44. The van der Waals surface area contributed by atoms with Crippen LogP contribution in [0.1, 0.15) is 49.2 Å². The van der Waals surface area contributed by atoms with Crippen LogP contribution in [0.25, 0.3) is 0 Å². The molecule has 1 aromatic heterocycles. The van der Waals surface area contributed by atoms with Crippen LogP contribution in [-0.4, -0.2) is 23.5 Å². The second-order valence-electron chi connectivity index (χ2n) is 5.27. The summed E-state index contributed by atoms with van der Waals surface area (Å²) in [5.74, 6) is 0.669. The Labute approximate surface area is 115 Å². The molecule has 1 saturated carbocycles. The van der Waals surface area contributed by atoms with E-state index in [4.69, 9.17) is 0 Å². The summed E-state index contributed by atoms with van der Waals surface area (Å²) < 4.78 is 0. The van der Waals surface area contributed by atoms with Crippen LogP contribution in [0.15, 0.2) is 12.3 Å². The van der Waals surface area contributed by atoms with Crippen molar-refractivity contribution in [2.24, 2.45) is 5.92 Å². The maximum absolute atomic E-state index is 12.3. The number of pyridine rings is 1. The molecule has 1 aliphatic rings.